The second-order valence-corrected chi connectivity index (χ2v) is 8.01. The van der Waals surface area contributed by atoms with Crippen LogP contribution < -0.4 is 4.74 Å². The summed E-state index contributed by atoms with van der Waals surface area (Å²) in [5.74, 6) is 1.38. The van der Waals surface area contributed by atoms with Crippen molar-refractivity contribution < 1.29 is 9.53 Å². The van der Waals surface area contributed by atoms with Crippen LogP contribution in [0.3, 0.4) is 0 Å². The van der Waals surface area contributed by atoms with E-state index in [1.807, 2.05) is 18.5 Å². The van der Waals surface area contributed by atoms with E-state index in [-0.39, 0.29) is 17.6 Å². The number of carbonyl (C=O) groups excluding carboxylic acids is 1. The second-order valence-electron chi connectivity index (χ2n) is 5.83. The van der Waals surface area contributed by atoms with Crippen LogP contribution >= 0.6 is 35.0 Å². The highest BCUT2D eigenvalue weighted by atomic mass is 35.5. The number of hydrogen-bond donors (Lipinski definition) is 0. The van der Waals surface area contributed by atoms with Gasteiger partial charge in [-0.1, -0.05) is 35.0 Å². The van der Waals surface area contributed by atoms with Crippen LogP contribution in [-0.2, 0) is 13.7 Å². The Bertz CT molecular complexity index is 927. The van der Waals surface area contributed by atoms with E-state index in [0.29, 0.717) is 32.3 Å². The van der Waals surface area contributed by atoms with Crippen LogP contribution in [0.5, 0.6) is 5.75 Å². The molecule has 1 atom stereocenters. The van der Waals surface area contributed by atoms with Gasteiger partial charge in [0.2, 0.25) is 0 Å². The molecule has 0 spiro atoms. The summed E-state index contributed by atoms with van der Waals surface area (Å²) in [7, 11) is 1.85. The fraction of sp³-hybridized carbons (Fsp3) is 0.211. The first kappa shape index (κ1) is 19.7. The Morgan fingerprint density at radius 3 is 2.30 bits per heavy atom. The van der Waals surface area contributed by atoms with Gasteiger partial charge in [0, 0.05) is 22.7 Å². The largest absolute Gasteiger partial charge is 0.486 e. The minimum Gasteiger partial charge on any atom is -0.486 e. The monoisotopic (exact) mass is 421 g/mol. The highest BCUT2D eigenvalue weighted by Gasteiger charge is 2.20. The van der Waals surface area contributed by atoms with Crippen molar-refractivity contribution in [1.29, 1.82) is 0 Å². The van der Waals surface area contributed by atoms with E-state index in [9.17, 15) is 4.79 Å². The van der Waals surface area contributed by atoms with Gasteiger partial charge >= 0.3 is 0 Å². The van der Waals surface area contributed by atoms with Gasteiger partial charge in [0.1, 0.15) is 12.4 Å². The van der Waals surface area contributed by atoms with Gasteiger partial charge in [-0.2, -0.15) is 0 Å². The van der Waals surface area contributed by atoms with Crippen LogP contribution in [0, 0.1) is 0 Å². The number of aromatic nitrogens is 3. The summed E-state index contributed by atoms with van der Waals surface area (Å²) < 4.78 is 7.53. The van der Waals surface area contributed by atoms with Gasteiger partial charge in [-0.25, -0.2) is 0 Å². The molecule has 0 aliphatic rings. The number of hydrogen-bond acceptors (Lipinski definition) is 5. The third kappa shape index (κ3) is 5.03. The predicted octanol–water partition coefficient (Wildman–Crippen LogP) is 5.06. The molecule has 1 aromatic heterocycles. The fourth-order valence-corrected chi connectivity index (χ4v) is 3.48. The van der Waals surface area contributed by atoms with E-state index < -0.39 is 0 Å². The SMILES string of the molecule is C[C@H](Sc1nnc(COc2ccc(Cl)cc2)n1C)C(=O)c1ccc(Cl)cc1. The topological polar surface area (TPSA) is 57.0 Å². The molecule has 0 amide bonds. The number of Topliss-reactive ketones (excluding diaryl/α,β-unsaturated/α-hetero) is 1. The average molecular weight is 422 g/mol. The van der Waals surface area contributed by atoms with Crippen molar-refractivity contribution in [2.75, 3.05) is 0 Å². The molecule has 0 fully saturated rings. The summed E-state index contributed by atoms with van der Waals surface area (Å²) in [6.07, 6.45) is 0. The molecule has 3 aromatic rings. The molecule has 0 bridgehead atoms. The Morgan fingerprint density at radius 2 is 1.67 bits per heavy atom. The maximum atomic E-state index is 12.6. The van der Waals surface area contributed by atoms with Crippen molar-refractivity contribution >= 4 is 40.7 Å². The number of rotatable bonds is 7. The van der Waals surface area contributed by atoms with Gasteiger partial charge in [0.05, 0.1) is 5.25 Å². The highest BCUT2D eigenvalue weighted by molar-refractivity contribution is 8.00. The number of halogens is 2. The van der Waals surface area contributed by atoms with E-state index in [4.69, 9.17) is 27.9 Å². The van der Waals surface area contributed by atoms with Crippen LogP contribution in [0.2, 0.25) is 10.0 Å². The lowest BCUT2D eigenvalue weighted by molar-refractivity contribution is 0.0994. The normalized spacial score (nSPS) is 12.0. The lowest BCUT2D eigenvalue weighted by Gasteiger charge is -2.10. The molecular formula is C19H17Cl2N3O2S. The molecule has 3 rings (SSSR count). The Balaban J connectivity index is 1.63. The number of carbonyl (C=O) groups is 1. The summed E-state index contributed by atoms with van der Waals surface area (Å²) >= 11 is 13.1. The molecule has 0 saturated heterocycles. The lowest BCUT2D eigenvalue weighted by atomic mass is 10.1. The van der Waals surface area contributed by atoms with Crippen LogP contribution in [-0.4, -0.2) is 25.8 Å². The number of thioether (sulfide) groups is 1. The van der Waals surface area contributed by atoms with E-state index in [0.717, 1.165) is 0 Å². The van der Waals surface area contributed by atoms with Crippen LogP contribution in [0.25, 0.3) is 0 Å². The van der Waals surface area contributed by atoms with Crippen LogP contribution in [0.15, 0.2) is 53.7 Å². The maximum Gasteiger partial charge on any atom is 0.191 e. The molecular weight excluding hydrogens is 405 g/mol. The van der Waals surface area contributed by atoms with Crippen molar-refractivity contribution in [2.45, 2.75) is 23.9 Å². The molecule has 0 radical (unpaired) electrons. The molecule has 27 heavy (non-hydrogen) atoms. The zero-order valence-corrected chi connectivity index (χ0v) is 17.1. The molecule has 5 nitrogen and oxygen atoms in total. The Kier molecular flexibility index (Phi) is 6.42. The fourth-order valence-electron chi connectivity index (χ4n) is 2.31. The van der Waals surface area contributed by atoms with Gasteiger partial charge in [-0.15, -0.1) is 10.2 Å². The zero-order chi connectivity index (χ0) is 19.4. The summed E-state index contributed by atoms with van der Waals surface area (Å²) in [6.45, 7) is 2.12. The first-order valence-electron chi connectivity index (χ1n) is 8.17. The molecule has 1 heterocycles. The van der Waals surface area contributed by atoms with Crippen LogP contribution in [0.4, 0.5) is 0 Å². The standard InChI is InChI=1S/C19H17Cl2N3O2S/c1-12(18(25)13-3-5-14(20)6-4-13)27-19-23-22-17(24(19)2)11-26-16-9-7-15(21)8-10-16/h3-10,12H,11H2,1-2H3/t12-/m0/s1. The molecule has 2 aromatic carbocycles. The van der Waals surface area contributed by atoms with Gasteiger partial charge in [0.15, 0.2) is 16.8 Å². The Morgan fingerprint density at radius 1 is 1.07 bits per heavy atom. The third-order valence-corrected chi connectivity index (χ3v) is 5.52. The van der Waals surface area contributed by atoms with Crippen molar-refractivity contribution in [2.24, 2.45) is 7.05 Å². The predicted molar refractivity (Wildman–Crippen MR) is 108 cm³/mol. The minimum atomic E-state index is -0.306. The first-order chi connectivity index (χ1) is 12.9. The van der Waals surface area contributed by atoms with E-state index in [1.54, 1.807) is 48.5 Å². The molecule has 0 aliphatic carbocycles. The van der Waals surface area contributed by atoms with Crippen molar-refractivity contribution in [3.05, 3.63) is 70.0 Å². The van der Waals surface area contributed by atoms with Gasteiger partial charge in [0.25, 0.3) is 0 Å². The zero-order valence-electron chi connectivity index (χ0n) is 14.7. The van der Waals surface area contributed by atoms with E-state index >= 15 is 0 Å². The number of ketones is 1. The average Bonchev–Trinajstić information content (AvgIpc) is 3.01. The van der Waals surface area contributed by atoms with Crippen molar-refractivity contribution in [3.63, 3.8) is 0 Å². The third-order valence-electron chi connectivity index (χ3n) is 3.89. The second kappa shape index (κ2) is 8.78. The Labute approximate surface area is 171 Å². The summed E-state index contributed by atoms with van der Waals surface area (Å²) in [5, 5.41) is 9.93. The van der Waals surface area contributed by atoms with Crippen molar-refractivity contribution in [1.82, 2.24) is 14.8 Å². The number of ether oxygens (including phenoxy) is 1. The summed E-state index contributed by atoms with van der Waals surface area (Å²) in [6, 6.07) is 14.0. The summed E-state index contributed by atoms with van der Waals surface area (Å²) in [4.78, 5) is 12.6. The van der Waals surface area contributed by atoms with Crippen molar-refractivity contribution in [3.8, 4) is 5.75 Å². The molecule has 0 N–H and O–H groups in total. The quantitative estimate of drug-likeness (QED) is 0.393. The van der Waals surface area contributed by atoms with Gasteiger partial charge < -0.3 is 9.30 Å². The molecule has 0 unspecified atom stereocenters. The summed E-state index contributed by atoms with van der Waals surface area (Å²) in [5.41, 5.74) is 0.618. The van der Waals surface area contributed by atoms with E-state index in [2.05, 4.69) is 10.2 Å². The smallest absolute Gasteiger partial charge is 0.191 e. The van der Waals surface area contributed by atoms with Crippen LogP contribution in [0.1, 0.15) is 23.1 Å². The number of nitrogens with zero attached hydrogens (tertiary/aromatic N) is 3. The van der Waals surface area contributed by atoms with Gasteiger partial charge in [-0.05, 0) is 55.5 Å². The molecule has 0 saturated carbocycles. The minimum absolute atomic E-state index is 0.0126. The highest BCUT2D eigenvalue weighted by Crippen LogP contribution is 2.25. The van der Waals surface area contributed by atoms with Gasteiger partial charge in [-0.3, -0.25) is 4.79 Å². The maximum absolute atomic E-state index is 12.6. The first-order valence-corrected chi connectivity index (χ1v) is 9.80. The van der Waals surface area contributed by atoms with E-state index in [1.165, 1.54) is 11.8 Å². The molecule has 0 aliphatic heterocycles. The molecule has 8 heteroatoms. The Hall–Kier alpha value is -2.02. The lowest BCUT2D eigenvalue weighted by Crippen LogP contribution is -2.14. The molecule has 140 valence electrons. The number of benzene rings is 2.